The molecule has 0 unspecified atom stereocenters. The minimum atomic E-state index is 1.13. The lowest BCUT2D eigenvalue weighted by atomic mass is 9.84. The van der Waals surface area contributed by atoms with Crippen molar-refractivity contribution in [1.29, 1.82) is 0 Å². The minimum Gasteiger partial charge on any atom is -0.0766 e. The lowest BCUT2D eigenvalue weighted by Gasteiger charge is -2.20. The molecule has 4 aliphatic rings. The molecule has 0 amide bonds. The van der Waals surface area contributed by atoms with Gasteiger partial charge in [0, 0.05) is 0 Å². The highest BCUT2D eigenvalue weighted by atomic mass is 14.3. The van der Waals surface area contributed by atoms with Crippen LogP contribution in [0.4, 0.5) is 0 Å². The van der Waals surface area contributed by atoms with Crippen LogP contribution < -0.4 is 0 Å². The zero-order valence-corrected chi connectivity index (χ0v) is 15.2. The van der Waals surface area contributed by atoms with E-state index in [0.29, 0.717) is 0 Å². The van der Waals surface area contributed by atoms with Crippen molar-refractivity contribution < 1.29 is 0 Å². The molecular weight excluding hydrogens is 300 g/mol. The number of hydrogen-bond acceptors (Lipinski definition) is 0. The summed E-state index contributed by atoms with van der Waals surface area (Å²) in [5.74, 6) is 0. The fourth-order valence-corrected chi connectivity index (χ4v) is 5.41. The number of rotatable bonds is 3. The van der Waals surface area contributed by atoms with Crippen LogP contribution >= 0.6 is 0 Å². The Bertz CT molecular complexity index is 825. The van der Waals surface area contributed by atoms with Gasteiger partial charge in [0.1, 0.15) is 0 Å². The van der Waals surface area contributed by atoms with Gasteiger partial charge in [0.25, 0.3) is 0 Å². The molecule has 0 fully saturated rings. The predicted molar refractivity (Wildman–Crippen MR) is 106 cm³/mol. The summed E-state index contributed by atoms with van der Waals surface area (Å²) >= 11 is 0. The van der Waals surface area contributed by atoms with Crippen LogP contribution in [0.3, 0.4) is 0 Å². The van der Waals surface area contributed by atoms with Gasteiger partial charge in [0.2, 0.25) is 0 Å². The summed E-state index contributed by atoms with van der Waals surface area (Å²) in [6.45, 7) is 0. The normalized spacial score (nSPS) is 22.7. The second-order valence-corrected chi connectivity index (χ2v) is 8.17. The minimum absolute atomic E-state index is 1.13. The zero-order valence-electron chi connectivity index (χ0n) is 15.2. The summed E-state index contributed by atoms with van der Waals surface area (Å²) in [6, 6.07) is 9.21. The van der Waals surface area contributed by atoms with Crippen LogP contribution in [-0.4, -0.2) is 0 Å². The van der Waals surface area contributed by atoms with Gasteiger partial charge in [-0.25, -0.2) is 0 Å². The van der Waals surface area contributed by atoms with Crippen LogP contribution in [0.2, 0.25) is 0 Å². The van der Waals surface area contributed by atoms with E-state index in [2.05, 4.69) is 36.4 Å². The Hall–Kier alpha value is -1.82. The number of hydrogen-bond donors (Lipinski definition) is 0. The van der Waals surface area contributed by atoms with E-state index in [0.717, 1.165) is 6.42 Å². The van der Waals surface area contributed by atoms with E-state index in [1.54, 1.807) is 39.0 Å². The van der Waals surface area contributed by atoms with E-state index in [9.17, 15) is 0 Å². The van der Waals surface area contributed by atoms with Gasteiger partial charge in [-0.15, -0.1) is 0 Å². The molecule has 0 saturated carbocycles. The lowest BCUT2D eigenvalue weighted by molar-refractivity contribution is 0.675. The lowest BCUT2D eigenvalue weighted by Crippen LogP contribution is -2.03. The maximum absolute atomic E-state index is 2.53. The Morgan fingerprint density at radius 1 is 0.680 bits per heavy atom. The molecule has 0 saturated heterocycles. The SMILES string of the molecule is C1=C(Cc2ccccc2C2=CCC3=C2CCCC3)C2=C(C1)CCCC2. The van der Waals surface area contributed by atoms with E-state index in [1.165, 1.54) is 69.8 Å². The topological polar surface area (TPSA) is 0 Å². The van der Waals surface area contributed by atoms with Gasteiger partial charge < -0.3 is 0 Å². The van der Waals surface area contributed by atoms with Gasteiger partial charge in [0.15, 0.2) is 0 Å². The van der Waals surface area contributed by atoms with Crippen LogP contribution in [0, 0.1) is 0 Å². The molecule has 0 nitrogen and oxygen atoms in total. The summed E-state index contributed by atoms with van der Waals surface area (Å²) in [4.78, 5) is 0. The van der Waals surface area contributed by atoms with Crippen LogP contribution in [0.1, 0.15) is 75.3 Å². The van der Waals surface area contributed by atoms with Crippen molar-refractivity contribution >= 4 is 5.57 Å². The third-order valence-electron chi connectivity index (χ3n) is 6.71. The first-order chi connectivity index (χ1) is 12.4. The van der Waals surface area contributed by atoms with Crippen LogP contribution in [0.15, 0.2) is 64.3 Å². The Kier molecular flexibility index (Phi) is 4.00. The fourth-order valence-electron chi connectivity index (χ4n) is 5.41. The second-order valence-electron chi connectivity index (χ2n) is 8.17. The van der Waals surface area contributed by atoms with Crippen LogP contribution in [0.5, 0.6) is 0 Å². The maximum atomic E-state index is 2.53. The Labute approximate surface area is 152 Å². The first-order valence-corrected chi connectivity index (χ1v) is 10.3. The largest absolute Gasteiger partial charge is 0.0766 e. The molecule has 0 atom stereocenters. The summed E-state index contributed by atoms with van der Waals surface area (Å²) in [5.41, 5.74) is 13.2. The van der Waals surface area contributed by atoms with Crippen LogP contribution in [0.25, 0.3) is 5.57 Å². The average Bonchev–Trinajstić information content (AvgIpc) is 3.27. The monoisotopic (exact) mass is 328 g/mol. The van der Waals surface area contributed by atoms with Gasteiger partial charge >= 0.3 is 0 Å². The molecule has 5 rings (SSSR count). The van der Waals surface area contributed by atoms with E-state index in [4.69, 9.17) is 0 Å². The van der Waals surface area contributed by atoms with Crippen molar-refractivity contribution in [1.82, 2.24) is 0 Å². The second kappa shape index (κ2) is 6.48. The highest BCUT2D eigenvalue weighted by Gasteiger charge is 2.25. The molecule has 0 spiro atoms. The Morgan fingerprint density at radius 3 is 2.24 bits per heavy atom. The molecular formula is C25H28. The molecule has 0 heteroatoms. The van der Waals surface area contributed by atoms with E-state index in [-0.39, 0.29) is 0 Å². The quantitative estimate of drug-likeness (QED) is 0.555. The van der Waals surface area contributed by atoms with Crippen molar-refractivity contribution in [2.24, 2.45) is 0 Å². The van der Waals surface area contributed by atoms with Crippen molar-refractivity contribution in [2.75, 3.05) is 0 Å². The van der Waals surface area contributed by atoms with E-state index >= 15 is 0 Å². The summed E-state index contributed by atoms with van der Waals surface area (Å²) < 4.78 is 0. The zero-order chi connectivity index (χ0) is 16.6. The average molecular weight is 328 g/mol. The van der Waals surface area contributed by atoms with Crippen molar-refractivity contribution in [3.05, 3.63) is 75.4 Å². The smallest absolute Gasteiger partial charge is 0.00199 e. The van der Waals surface area contributed by atoms with Crippen molar-refractivity contribution in [3.8, 4) is 0 Å². The van der Waals surface area contributed by atoms with Crippen LogP contribution in [-0.2, 0) is 6.42 Å². The molecule has 0 bridgehead atoms. The maximum Gasteiger partial charge on any atom is -0.00199 e. The molecule has 4 aliphatic carbocycles. The van der Waals surface area contributed by atoms with Gasteiger partial charge in [-0.3, -0.25) is 0 Å². The molecule has 25 heavy (non-hydrogen) atoms. The summed E-state index contributed by atoms with van der Waals surface area (Å²) in [7, 11) is 0. The number of allylic oxidation sites excluding steroid dienone is 8. The predicted octanol–water partition coefficient (Wildman–Crippen LogP) is 7.09. The highest BCUT2D eigenvalue weighted by molar-refractivity contribution is 5.84. The highest BCUT2D eigenvalue weighted by Crippen LogP contribution is 2.44. The van der Waals surface area contributed by atoms with E-state index in [1.807, 2.05) is 0 Å². The molecule has 0 aliphatic heterocycles. The molecule has 1 aromatic carbocycles. The van der Waals surface area contributed by atoms with Gasteiger partial charge in [-0.2, -0.15) is 0 Å². The molecule has 0 aromatic heterocycles. The number of benzene rings is 1. The van der Waals surface area contributed by atoms with E-state index < -0.39 is 0 Å². The fraction of sp³-hybridized carbons (Fsp3) is 0.440. The third-order valence-corrected chi connectivity index (χ3v) is 6.71. The van der Waals surface area contributed by atoms with Crippen molar-refractivity contribution in [2.45, 2.75) is 70.6 Å². The summed E-state index contributed by atoms with van der Waals surface area (Å²) in [6.07, 6.45) is 19.5. The van der Waals surface area contributed by atoms with Gasteiger partial charge in [-0.1, -0.05) is 47.6 Å². The summed E-state index contributed by atoms with van der Waals surface area (Å²) in [5, 5.41) is 0. The standard InChI is InChI=1S/C25H28/c1-4-10-22-18(7-1)13-14-21(22)17-20-9-3-6-12-24(20)25-16-15-19-8-2-5-11-23(19)25/h3,6,9,12,14,16H,1-2,4-5,7-8,10-11,13,15,17H2. The molecule has 128 valence electrons. The van der Waals surface area contributed by atoms with Crippen molar-refractivity contribution in [3.63, 3.8) is 0 Å². The molecule has 0 radical (unpaired) electrons. The molecule has 0 N–H and O–H groups in total. The van der Waals surface area contributed by atoms with Gasteiger partial charge in [0.05, 0.1) is 0 Å². The Balaban J connectivity index is 1.46. The Morgan fingerprint density at radius 2 is 1.36 bits per heavy atom. The first-order valence-electron chi connectivity index (χ1n) is 10.3. The third kappa shape index (κ3) is 2.76. The molecule has 0 heterocycles. The van der Waals surface area contributed by atoms with Gasteiger partial charge in [-0.05, 0) is 104 Å². The molecule has 1 aromatic rings. The first kappa shape index (κ1) is 15.4.